The fourth-order valence-corrected chi connectivity index (χ4v) is 6.96. The normalized spacial score (nSPS) is 10.9. The standard InChI is InChI=1S/C54H71F3O10/c1-40(2)51(58)64-37-25-21-17-13-9-5-7-11-15-19-23-35-62-44-31-27-42(28-32-44)53(60)66-47-39-46(55)50(49(57)48(47)56)67-54(61)43-29-33-45(34-30-43)63-36-24-20-16-12-8-6-10-14-18-22-26-38-65-52(59)41(3)4/h27-34,39H,1,3,5-26,35-38H2,2,4H3. The maximum absolute atomic E-state index is 15.0. The quantitative estimate of drug-likeness (QED) is 0.0183. The topological polar surface area (TPSA) is 124 Å². The van der Waals surface area contributed by atoms with Crippen LogP contribution in [0.4, 0.5) is 13.2 Å². The van der Waals surface area contributed by atoms with Gasteiger partial charge in [-0.05, 0) is 88.1 Å². The van der Waals surface area contributed by atoms with Crippen molar-refractivity contribution in [3.05, 3.63) is 107 Å². The Morgan fingerprint density at radius 1 is 0.433 bits per heavy atom. The van der Waals surface area contributed by atoms with Crippen LogP contribution in [0.25, 0.3) is 0 Å². The van der Waals surface area contributed by atoms with Gasteiger partial charge < -0.3 is 28.4 Å². The summed E-state index contributed by atoms with van der Waals surface area (Å²) in [6, 6.07) is 12.2. The Balaban J connectivity index is 1.25. The summed E-state index contributed by atoms with van der Waals surface area (Å²) in [4.78, 5) is 48.2. The zero-order valence-electron chi connectivity index (χ0n) is 39.7. The molecule has 0 fully saturated rings. The van der Waals surface area contributed by atoms with Gasteiger partial charge in [-0.3, -0.25) is 0 Å². The highest BCUT2D eigenvalue weighted by molar-refractivity contribution is 5.92. The molecular formula is C54H71F3O10. The van der Waals surface area contributed by atoms with E-state index in [1.165, 1.54) is 87.8 Å². The molecule has 0 saturated heterocycles. The van der Waals surface area contributed by atoms with E-state index in [2.05, 4.69) is 13.2 Å². The van der Waals surface area contributed by atoms with Gasteiger partial charge in [0.1, 0.15) is 11.5 Å². The van der Waals surface area contributed by atoms with Gasteiger partial charge >= 0.3 is 23.9 Å². The number of benzene rings is 3. The Morgan fingerprint density at radius 3 is 1.09 bits per heavy atom. The van der Waals surface area contributed by atoms with Crippen LogP contribution in [0.3, 0.4) is 0 Å². The van der Waals surface area contributed by atoms with E-state index in [0.29, 0.717) is 55.1 Å². The van der Waals surface area contributed by atoms with Gasteiger partial charge in [-0.2, -0.15) is 8.78 Å². The highest BCUT2D eigenvalue weighted by Gasteiger charge is 2.26. The average Bonchev–Trinajstić information content (AvgIpc) is 3.31. The summed E-state index contributed by atoms with van der Waals surface area (Å²) in [6.07, 6.45) is 24.0. The zero-order valence-corrected chi connectivity index (χ0v) is 39.7. The van der Waals surface area contributed by atoms with E-state index >= 15 is 0 Å². The Kier molecular flexibility index (Phi) is 27.4. The number of carbonyl (C=O) groups is 4. The summed E-state index contributed by atoms with van der Waals surface area (Å²) in [7, 11) is 0. The predicted molar refractivity (Wildman–Crippen MR) is 253 cm³/mol. The number of halogens is 3. The van der Waals surface area contributed by atoms with Gasteiger partial charge in [-0.1, -0.05) is 129 Å². The minimum atomic E-state index is -1.82. The van der Waals surface area contributed by atoms with E-state index < -0.39 is 40.9 Å². The first-order valence-electron chi connectivity index (χ1n) is 24.1. The third-order valence-corrected chi connectivity index (χ3v) is 10.9. The molecule has 0 atom stereocenters. The first kappa shape index (κ1) is 55.7. The second-order valence-electron chi connectivity index (χ2n) is 16.9. The van der Waals surface area contributed by atoms with Crippen LogP contribution in [0.1, 0.15) is 176 Å². The largest absolute Gasteiger partial charge is 0.494 e. The molecule has 368 valence electrons. The zero-order chi connectivity index (χ0) is 48.7. The molecule has 0 saturated carbocycles. The van der Waals surface area contributed by atoms with Crippen molar-refractivity contribution in [3.63, 3.8) is 0 Å². The Hall–Kier alpha value is -5.59. The third-order valence-electron chi connectivity index (χ3n) is 10.9. The summed E-state index contributed by atoms with van der Waals surface area (Å²) < 4.78 is 76.5. The predicted octanol–water partition coefficient (Wildman–Crippen LogP) is 14.1. The fraction of sp³-hybridized carbons (Fsp3) is 0.519. The molecule has 13 heteroatoms. The summed E-state index contributed by atoms with van der Waals surface area (Å²) in [5, 5.41) is 0. The number of ether oxygens (including phenoxy) is 6. The van der Waals surface area contributed by atoms with Gasteiger partial charge in [0.05, 0.1) is 37.6 Å². The number of carbonyl (C=O) groups excluding carboxylic acids is 4. The Bertz CT molecular complexity index is 1980. The lowest BCUT2D eigenvalue weighted by Crippen LogP contribution is -2.14. The van der Waals surface area contributed by atoms with E-state index in [0.717, 1.165) is 89.9 Å². The molecule has 0 N–H and O–H groups in total. The van der Waals surface area contributed by atoms with Crippen LogP contribution in [0.2, 0.25) is 0 Å². The molecule has 10 nitrogen and oxygen atoms in total. The minimum Gasteiger partial charge on any atom is -0.494 e. The van der Waals surface area contributed by atoms with E-state index in [9.17, 15) is 32.3 Å². The summed E-state index contributed by atoms with van der Waals surface area (Å²) in [5.74, 6) is -9.01. The van der Waals surface area contributed by atoms with Crippen LogP contribution in [0.5, 0.6) is 23.0 Å². The lowest BCUT2D eigenvalue weighted by molar-refractivity contribution is -0.139. The lowest BCUT2D eigenvalue weighted by Gasteiger charge is -2.12. The summed E-state index contributed by atoms with van der Waals surface area (Å²) >= 11 is 0. The second-order valence-corrected chi connectivity index (χ2v) is 16.9. The van der Waals surface area contributed by atoms with Gasteiger partial charge in [-0.25, -0.2) is 23.6 Å². The van der Waals surface area contributed by atoms with Crippen molar-refractivity contribution in [2.75, 3.05) is 26.4 Å². The molecule has 0 aromatic heterocycles. The first-order valence-corrected chi connectivity index (χ1v) is 24.1. The smallest absolute Gasteiger partial charge is 0.343 e. The molecule has 67 heavy (non-hydrogen) atoms. The SMILES string of the molecule is C=C(C)C(=O)OCCCCCCCCCCCCCOc1ccc(C(=O)Oc2cc(F)c(OC(=O)c3ccc(OCCCCCCCCCCCCCOC(=O)C(=C)C)cc3)c(F)c2F)cc1. The fourth-order valence-electron chi connectivity index (χ4n) is 6.96. The molecule has 0 heterocycles. The molecular weight excluding hydrogens is 866 g/mol. The van der Waals surface area contributed by atoms with E-state index in [4.69, 9.17) is 28.4 Å². The molecule has 0 bridgehead atoms. The molecule has 3 rings (SSSR count). The first-order chi connectivity index (χ1) is 32.4. The average molecular weight is 937 g/mol. The van der Waals surface area contributed by atoms with Crippen molar-refractivity contribution >= 4 is 23.9 Å². The lowest BCUT2D eigenvalue weighted by atomic mass is 10.1. The monoisotopic (exact) mass is 936 g/mol. The summed E-state index contributed by atoms with van der Waals surface area (Å²) in [6.45, 7) is 12.3. The van der Waals surface area contributed by atoms with Gasteiger partial charge in [-0.15, -0.1) is 0 Å². The number of unbranched alkanes of at least 4 members (excludes halogenated alkanes) is 20. The van der Waals surface area contributed by atoms with Crippen molar-refractivity contribution in [3.8, 4) is 23.0 Å². The molecule has 0 spiro atoms. The van der Waals surface area contributed by atoms with Gasteiger partial charge in [0.15, 0.2) is 11.6 Å². The van der Waals surface area contributed by atoms with Crippen LogP contribution in [-0.2, 0) is 19.1 Å². The molecule has 0 amide bonds. The van der Waals surface area contributed by atoms with Crippen LogP contribution < -0.4 is 18.9 Å². The van der Waals surface area contributed by atoms with Gasteiger partial charge in [0, 0.05) is 17.2 Å². The number of hydrogen-bond acceptors (Lipinski definition) is 10. The molecule has 0 aliphatic heterocycles. The van der Waals surface area contributed by atoms with Gasteiger partial charge in [0.2, 0.25) is 17.4 Å². The van der Waals surface area contributed by atoms with Crippen molar-refractivity contribution in [1.29, 1.82) is 0 Å². The second kappa shape index (κ2) is 33.0. The van der Waals surface area contributed by atoms with Crippen LogP contribution in [0, 0.1) is 17.5 Å². The highest BCUT2D eigenvalue weighted by atomic mass is 19.2. The number of esters is 4. The Morgan fingerprint density at radius 2 is 0.746 bits per heavy atom. The highest BCUT2D eigenvalue weighted by Crippen LogP contribution is 2.32. The van der Waals surface area contributed by atoms with E-state index in [1.807, 2.05) is 0 Å². The third kappa shape index (κ3) is 23.1. The van der Waals surface area contributed by atoms with E-state index in [1.54, 1.807) is 26.0 Å². The maximum Gasteiger partial charge on any atom is 0.343 e. The van der Waals surface area contributed by atoms with Crippen molar-refractivity contribution in [2.24, 2.45) is 0 Å². The molecule has 0 aliphatic rings. The van der Waals surface area contributed by atoms with Crippen LogP contribution in [0.15, 0.2) is 78.9 Å². The molecule has 0 unspecified atom stereocenters. The van der Waals surface area contributed by atoms with Crippen LogP contribution in [-0.4, -0.2) is 50.3 Å². The molecule has 0 aliphatic carbocycles. The number of rotatable bonds is 36. The van der Waals surface area contributed by atoms with E-state index in [-0.39, 0.29) is 23.1 Å². The molecule has 3 aromatic rings. The Labute approximate surface area is 395 Å². The number of hydrogen-bond donors (Lipinski definition) is 0. The summed E-state index contributed by atoms with van der Waals surface area (Å²) in [5.41, 5.74) is 0.817. The molecule has 0 radical (unpaired) electrons. The van der Waals surface area contributed by atoms with Gasteiger partial charge in [0.25, 0.3) is 0 Å². The van der Waals surface area contributed by atoms with Crippen molar-refractivity contribution in [2.45, 2.75) is 155 Å². The maximum atomic E-state index is 15.0. The van der Waals surface area contributed by atoms with Crippen molar-refractivity contribution < 1.29 is 60.8 Å². The van der Waals surface area contributed by atoms with Crippen LogP contribution >= 0.6 is 0 Å². The minimum absolute atomic E-state index is 0.00309. The van der Waals surface area contributed by atoms with Crippen molar-refractivity contribution in [1.82, 2.24) is 0 Å². The molecule has 3 aromatic carbocycles.